The Morgan fingerprint density at radius 3 is 2.78 bits per heavy atom. The molecule has 2 atom stereocenters. The van der Waals surface area contributed by atoms with Crippen molar-refractivity contribution in [2.24, 2.45) is 5.16 Å². The zero-order valence-electron chi connectivity index (χ0n) is 13.0. The number of sulfonamides is 1. The van der Waals surface area contributed by atoms with Gasteiger partial charge < -0.3 is 15.3 Å². The molecule has 23 heavy (non-hydrogen) atoms. The molecule has 1 heterocycles. The van der Waals surface area contributed by atoms with Crippen LogP contribution in [0.2, 0.25) is 0 Å². The van der Waals surface area contributed by atoms with Crippen molar-refractivity contribution in [2.75, 3.05) is 12.3 Å². The van der Waals surface area contributed by atoms with Crippen LogP contribution in [0.1, 0.15) is 39.0 Å². The fourth-order valence-corrected chi connectivity index (χ4v) is 3.18. The average Bonchev–Trinajstić information content (AvgIpc) is 2.96. The van der Waals surface area contributed by atoms with Crippen molar-refractivity contribution in [3.8, 4) is 0 Å². The summed E-state index contributed by atoms with van der Waals surface area (Å²) in [6.45, 7) is 1.83. The first-order chi connectivity index (χ1) is 10.8. The molecule has 9 nitrogen and oxygen atoms in total. The zero-order chi connectivity index (χ0) is 17.3. The van der Waals surface area contributed by atoms with Gasteiger partial charge in [-0.3, -0.25) is 4.79 Å². The van der Waals surface area contributed by atoms with E-state index in [1.54, 1.807) is 0 Å². The number of hydrogen-bond donors (Lipinski definition) is 3. The maximum Gasteiger partial charge on any atom is 0.326 e. The lowest BCUT2D eigenvalue weighted by Gasteiger charge is -2.16. The van der Waals surface area contributed by atoms with Crippen molar-refractivity contribution in [3.05, 3.63) is 0 Å². The maximum atomic E-state index is 11.8. The fourth-order valence-electron chi connectivity index (χ4n) is 1.94. The molecule has 0 spiro atoms. The Morgan fingerprint density at radius 1 is 1.48 bits per heavy atom. The normalized spacial score (nSPS) is 18.4. The molecule has 1 amide bonds. The number of nitrogens with one attached hydrogen (secondary N) is 2. The number of carboxylic acids is 1. The van der Waals surface area contributed by atoms with Gasteiger partial charge in [0.25, 0.3) is 0 Å². The Labute approximate surface area is 135 Å². The van der Waals surface area contributed by atoms with Gasteiger partial charge in [0.1, 0.15) is 12.1 Å². The van der Waals surface area contributed by atoms with Gasteiger partial charge in [-0.25, -0.2) is 17.9 Å². The highest BCUT2D eigenvalue weighted by Crippen LogP contribution is 2.09. The molecule has 1 rings (SSSR count). The summed E-state index contributed by atoms with van der Waals surface area (Å²) in [6, 6.07) is -1.15. The van der Waals surface area contributed by atoms with Crippen LogP contribution in [0.5, 0.6) is 0 Å². The quantitative estimate of drug-likeness (QED) is 0.474. The highest BCUT2D eigenvalue weighted by atomic mass is 32.2. The van der Waals surface area contributed by atoms with Crippen LogP contribution in [0.25, 0.3) is 0 Å². The molecule has 0 aromatic carbocycles. The molecule has 1 aliphatic heterocycles. The molecule has 10 heteroatoms. The number of rotatable bonds is 11. The molecule has 0 saturated heterocycles. The summed E-state index contributed by atoms with van der Waals surface area (Å²) in [5.74, 6) is -1.68. The monoisotopic (exact) mass is 349 g/mol. The van der Waals surface area contributed by atoms with Crippen LogP contribution in [0, 0.1) is 0 Å². The summed E-state index contributed by atoms with van der Waals surface area (Å²) in [7, 11) is -3.40. The highest BCUT2D eigenvalue weighted by Gasteiger charge is 2.24. The number of carboxylic acid groups (broad SMARTS) is 1. The van der Waals surface area contributed by atoms with Crippen molar-refractivity contribution in [1.82, 2.24) is 10.0 Å². The smallest absolute Gasteiger partial charge is 0.326 e. The van der Waals surface area contributed by atoms with E-state index in [1.165, 1.54) is 6.21 Å². The number of unbranched alkanes of at least 4 members (excludes halogenated alkanes) is 1. The lowest BCUT2D eigenvalue weighted by Crippen LogP contribution is -2.44. The van der Waals surface area contributed by atoms with Gasteiger partial charge in [-0.15, -0.1) is 0 Å². The van der Waals surface area contributed by atoms with Crippen molar-refractivity contribution < 1.29 is 28.0 Å². The molecular formula is C13H23N3O6S. The van der Waals surface area contributed by atoms with Crippen molar-refractivity contribution in [2.45, 2.75) is 51.2 Å². The van der Waals surface area contributed by atoms with Crippen molar-refractivity contribution >= 4 is 28.1 Å². The van der Waals surface area contributed by atoms with E-state index in [-0.39, 0.29) is 31.2 Å². The predicted octanol–water partition coefficient (Wildman–Crippen LogP) is -0.170. The summed E-state index contributed by atoms with van der Waals surface area (Å²) >= 11 is 0. The van der Waals surface area contributed by atoms with E-state index in [0.29, 0.717) is 12.8 Å². The molecular weight excluding hydrogens is 326 g/mol. The van der Waals surface area contributed by atoms with E-state index < -0.39 is 27.9 Å². The Bertz CT molecular complexity index is 526. The minimum absolute atomic E-state index is 0.00596. The number of carbonyl (C=O) groups is 2. The van der Waals surface area contributed by atoms with Gasteiger partial charge in [-0.05, 0) is 12.8 Å². The summed E-state index contributed by atoms with van der Waals surface area (Å²) in [5.41, 5.74) is 0. The molecule has 2 unspecified atom stereocenters. The molecule has 1 aliphatic rings. The Hall–Kier alpha value is -1.68. The summed E-state index contributed by atoms with van der Waals surface area (Å²) in [4.78, 5) is 27.8. The topological polar surface area (TPSA) is 134 Å². The number of nitrogens with zero attached hydrogens (tertiary/aromatic N) is 1. The van der Waals surface area contributed by atoms with E-state index >= 15 is 0 Å². The van der Waals surface area contributed by atoms with Gasteiger partial charge in [0, 0.05) is 19.2 Å². The second-order valence-electron chi connectivity index (χ2n) is 5.27. The molecule has 0 fully saturated rings. The molecule has 0 saturated carbocycles. The van der Waals surface area contributed by atoms with Gasteiger partial charge in [0.15, 0.2) is 0 Å². The molecule has 0 aromatic heterocycles. The number of oxime groups is 1. The minimum Gasteiger partial charge on any atom is -0.480 e. The van der Waals surface area contributed by atoms with Crippen LogP contribution >= 0.6 is 0 Å². The summed E-state index contributed by atoms with van der Waals surface area (Å²) in [5, 5.41) is 15.0. The Kier molecular flexibility index (Phi) is 7.96. The number of carbonyl (C=O) groups excluding carboxylic acids is 1. The first-order valence-electron chi connectivity index (χ1n) is 7.51. The second-order valence-corrected chi connectivity index (χ2v) is 7.20. The first kappa shape index (κ1) is 19.4. The van der Waals surface area contributed by atoms with Crippen LogP contribution in [-0.2, 0) is 24.4 Å². The van der Waals surface area contributed by atoms with Crippen LogP contribution in [0.4, 0.5) is 0 Å². The van der Waals surface area contributed by atoms with Gasteiger partial charge >= 0.3 is 5.97 Å². The number of aliphatic carboxylic acids is 1. The average molecular weight is 349 g/mol. The number of hydrogen-bond acceptors (Lipinski definition) is 6. The van der Waals surface area contributed by atoms with Crippen LogP contribution in [-0.4, -0.2) is 56.1 Å². The minimum atomic E-state index is -3.40. The van der Waals surface area contributed by atoms with E-state index in [1.807, 2.05) is 6.92 Å². The largest absolute Gasteiger partial charge is 0.480 e. The predicted molar refractivity (Wildman–Crippen MR) is 83.5 cm³/mol. The molecule has 0 aromatic rings. The Balaban J connectivity index is 2.36. The Morgan fingerprint density at radius 2 is 2.22 bits per heavy atom. The van der Waals surface area contributed by atoms with Crippen LogP contribution < -0.4 is 10.0 Å². The third kappa shape index (κ3) is 7.93. The SMILES string of the molecule is CCCCS(=O)(=O)NCCC(NC(=O)CC1CC=NO1)C(=O)O. The molecule has 3 N–H and O–H groups in total. The maximum absolute atomic E-state index is 11.8. The standard InChI is InChI=1S/C13H23N3O6S/c1-2-3-8-23(20,21)15-7-5-11(13(18)19)16-12(17)9-10-4-6-14-22-10/h6,10-11,15H,2-5,7-9H2,1H3,(H,16,17)(H,18,19). The van der Waals surface area contributed by atoms with Crippen molar-refractivity contribution in [1.29, 1.82) is 0 Å². The van der Waals surface area contributed by atoms with Crippen LogP contribution in [0.3, 0.4) is 0 Å². The van der Waals surface area contributed by atoms with E-state index in [9.17, 15) is 18.0 Å². The van der Waals surface area contributed by atoms with Gasteiger partial charge in [-0.2, -0.15) is 0 Å². The third-order valence-electron chi connectivity index (χ3n) is 3.22. The van der Waals surface area contributed by atoms with Gasteiger partial charge in [0.05, 0.1) is 12.2 Å². The molecule has 0 radical (unpaired) electrons. The van der Waals surface area contributed by atoms with Crippen molar-refractivity contribution in [3.63, 3.8) is 0 Å². The number of amides is 1. The lowest BCUT2D eigenvalue weighted by molar-refractivity contribution is -0.142. The third-order valence-corrected chi connectivity index (χ3v) is 4.69. The molecule has 0 aliphatic carbocycles. The highest BCUT2D eigenvalue weighted by molar-refractivity contribution is 7.89. The van der Waals surface area contributed by atoms with Gasteiger partial charge in [0.2, 0.25) is 15.9 Å². The molecule has 0 bridgehead atoms. The fraction of sp³-hybridized carbons (Fsp3) is 0.769. The van der Waals surface area contributed by atoms with E-state index in [2.05, 4.69) is 15.2 Å². The first-order valence-corrected chi connectivity index (χ1v) is 9.16. The van der Waals surface area contributed by atoms with E-state index in [4.69, 9.17) is 9.94 Å². The zero-order valence-corrected chi connectivity index (χ0v) is 13.8. The van der Waals surface area contributed by atoms with Crippen LogP contribution in [0.15, 0.2) is 5.16 Å². The second kappa shape index (κ2) is 9.46. The summed E-state index contributed by atoms with van der Waals surface area (Å²) in [6.07, 6.45) is 2.93. The lowest BCUT2D eigenvalue weighted by atomic mass is 10.1. The van der Waals surface area contributed by atoms with Gasteiger partial charge in [-0.1, -0.05) is 18.5 Å². The molecule has 132 valence electrons. The van der Waals surface area contributed by atoms with E-state index in [0.717, 1.165) is 6.42 Å². The summed E-state index contributed by atoms with van der Waals surface area (Å²) < 4.78 is 25.6.